The highest BCUT2D eigenvalue weighted by molar-refractivity contribution is 5.93. The maximum atomic E-state index is 14.1. The van der Waals surface area contributed by atoms with Crippen LogP contribution in [0.15, 0.2) is 49.1 Å². The molecule has 2 saturated carbocycles. The van der Waals surface area contributed by atoms with Gasteiger partial charge in [0.15, 0.2) is 0 Å². The molecule has 0 spiro atoms. The first-order valence-electron chi connectivity index (χ1n) is 25.5. The van der Waals surface area contributed by atoms with Crippen molar-refractivity contribution in [2.45, 2.75) is 133 Å². The van der Waals surface area contributed by atoms with E-state index in [1.807, 2.05) is 17.9 Å². The molecule has 1 aromatic carbocycles. The summed E-state index contributed by atoms with van der Waals surface area (Å²) >= 11 is 0. The lowest BCUT2D eigenvalue weighted by Gasteiger charge is -2.45. The number of anilines is 1. The van der Waals surface area contributed by atoms with Crippen molar-refractivity contribution in [3.05, 3.63) is 60.2 Å². The molecule has 18 nitrogen and oxygen atoms in total. The molecular formula is C51H71F3N10O8. The van der Waals surface area contributed by atoms with Crippen molar-refractivity contribution in [1.82, 2.24) is 45.6 Å². The van der Waals surface area contributed by atoms with E-state index in [-0.39, 0.29) is 102 Å². The third kappa shape index (κ3) is 14.0. The van der Waals surface area contributed by atoms with Gasteiger partial charge in [0.05, 0.1) is 74.8 Å². The van der Waals surface area contributed by atoms with E-state index in [2.05, 4.69) is 62.0 Å². The fourth-order valence-electron chi connectivity index (χ4n) is 10.7. The Morgan fingerprint density at radius 1 is 0.889 bits per heavy atom. The quantitative estimate of drug-likeness (QED) is 0.0956. The molecule has 0 unspecified atom stereocenters. The first-order valence-corrected chi connectivity index (χ1v) is 25.5. The summed E-state index contributed by atoms with van der Waals surface area (Å²) < 4.78 is 57.6. The van der Waals surface area contributed by atoms with E-state index in [0.29, 0.717) is 103 Å². The SMILES string of the molecule is CCN1C(=O)C[C@H](C(=O)NCCOCCOCCOCCC(=O)NC2CCC(C(=O)N[C@@H]3C[C@H](N(C)C(C)C)CC[C@@H]3N3CC[C@H](Nc4ncnc5ccc(C(F)(F)F)cc45)C3=O)CC2)[C@H]1c1cccnc1. The van der Waals surface area contributed by atoms with Gasteiger partial charge < -0.3 is 50.2 Å². The van der Waals surface area contributed by atoms with Crippen molar-refractivity contribution < 1.29 is 51.4 Å². The minimum Gasteiger partial charge on any atom is -0.379 e. The number of hydrogen-bond donors (Lipinski definition) is 4. The predicted molar refractivity (Wildman–Crippen MR) is 261 cm³/mol. The molecule has 2 aromatic heterocycles. The number of alkyl halides is 3. The van der Waals surface area contributed by atoms with E-state index in [0.717, 1.165) is 24.1 Å². The summed E-state index contributed by atoms with van der Waals surface area (Å²) in [7, 11) is 2.08. The van der Waals surface area contributed by atoms with Crippen LogP contribution in [-0.4, -0.2) is 162 Å². The largest absolute Gasteiger partial charge is 0.416 e. The summed E-state index contributed by atoms with van der Waals surface area (Å²) in [6.45, 7) is 9.24. The second-order valence-electron chi connectivity index (χ2n) is 19.6. The van der Waals surface area contributed by atoms with E-state index >= 15 is 0 Å². The fraction of sp³-hybridized carbons (Fsp3) is 0.647. The second-order valence-corrected chi connectivity index (χ2v) is 19.6. The van der Waals surface area contributed by atoms with Gasteiger partial charge in [-0.25, -0.2) is 9.97 Å². The zero-order chi connectivity index (χ0) is 51.4. The Hall–Kier alpha value is -5.51. The minimum absolute atomic E-state index is 0.0505. The normalized spacial score (nSPS) is 24.8. The fourth-order valence-corrected chi connectivity index (χ4v) is 10.7. The monoisotopic (exact) mass is 1010 g/mol. The lowest BCUT2D eigenvalue weighted by Crippen LogP contribution is -2.59. The van der Waals surface area contributed by atoms with Crippen LogP contribution in [0.4, 0.5) is 19.0 Å². The van der Waals surface area contributed by atoms with Crippen molar-refractivity contribution in [3.63, 3.8) is 0 Å². The van der Waals surface area contributed by atoms with Crippen LogP contribution in [0.25, 0.3) is 10.9 Å². The lowest BCUT2D eigenvalue weighted by molar-refractivity contribution is -0.137. The Morgan fingerprint density at radius 2 is 1.62 bits per heavy atom. The van der Waals surface area contributed by atoms with Gasteiger partial charge in [0.2, 0.25) is 29.5 Å². The van der Waals surface area contributed by atoms with Gasteiger partial charge in [-0.3, -0.25) is 29.0 Å². The number of carbonyl (C=O) groups is 5. The van der Waals surface area contributed by atoms with Gasteiger partial charge in [-0.1, -0.05) is 6.07 Å². The summed E-state index contributed by atoms with van der Waals surface area (Å²) in [6.07, 6.45) is 5.59. The first-order chi connectivity index (χ1) is 34.6. The van der Waals surface area contributed by atoms with E-state index in [1.54, 1.807) is 23.4 Å². The van der Waals surface area contributed by atoms with Crippen LogP contribution in [0.3, 0.4) is 0 Å². The molecule has 7 rings (SSSR count). The Morgan fingerprint density at radius 3 is 2.32 bits per heavy atom. The molecule has 5 amide bonds. The molecule has 0 radical (unpaired) electrons. The zero-order valence-electron chi connectivity index (χ0n) is 41.8. The molecule has 3 aromatic rings. The van der Waals surface area contributed by atoms with Crippen molar-refractivity contribution in [2.24, 2.45) is 11.8 Å². The van der Waals surface area contributed by atoms with Crippen LogP contribution in [0.2, 0.25) is 0 Å². The third-order valence-corrected chi connectivity index (χ3v) is 14.8. The summed E-state index contributed by atoms with van der Waals surface area (Å²) in [5.41, 5.74) is 0.341. The molecule has 2 aliphatic heterocycles. The maximum absolute atomic E-state index is 14.1. The standard InChI is InChI=1S/C51H71F3N10O8/c1-5-63-45(66)29-39(46(63)34-7-6-18-55-30-34)49(68)56-19-22-71-24-26-72-25-23-70-21-17-44(65)59-36-11-8-33(9-12-36)48(67)61-42-28-37(62(4)32(2)3)13-15-43(42)64-20-16-41(50(64)69)60-47-38-27-35(51(52,53)54)10-14-40(38)57-31-58-47/h6-7,10,14,18,27,30-33,36-37,39,41-43,46H,5,8-9,11-13,15-17,19-26,28-29H2,1-4H3,(H,56,68)(H,59,65)(H,61,67)(H,57,58,60)/t33?,36?,37-,39+,41+,42-,43+,46-/m1/s1. The van der Waals surface area contributed by atoms with Gasteiger partial charge in [0.25, 0.3) is 0 Å². The number of halogens is 3. The number of nitrogens with one attached hydrogen (secondary N) is 4. The third-order valence-electron chi connectivity index (χ3n) is 14.8. The van der Waals surface area contributed by atoms with Gasteiger partial charge in [-0.15, -0.1) is 0 Å². The highest BCUT2D eigenvalue weighted by Gasteiger charge is 2.45. The number of carbonyl (C=O) groups excluding carboxylic acids is 5. The molecule has 2 saturated heterocycles. The Bertz CT molecular complexity index is 2300. The van der Waals surface area contributed by atoms with Crippen molar-refractivity contribution in [2.75, 3.05) is 71.6 Å². The van der Waals surface area contributed by atoms with E-state index in [4.69, 9.17) is 14.2 Å². The predicted octanol–water partition coefficient (Wildman–Crippen LogP) is 4.64. The molecule has 0 bridgehead atoms. The van der Waals surface area contributed by atoms with Gasteiger partial charge in [-0.05, 0) is 109 Å². The smallest absolute Gasteiger partial charge is 0.379 e. The second kappa shape index (κ2) is 25.4. The molecule has 72 heavy (non-hydrogen) atoms. The molecule has 6 atom stereocenters. The molecule has 4 aliphatic rings. The van der Waals surface area contributed by atoms with E-state index in [9.17, 15) is 37.1 Å². The van der Waals surface area contributed by atoms with E-state index < -0.39 is 23.7 Å². The van der Waals surface area contributed by atoms with Crippen molar-refractivity contribution in [1.29, 1.82) is 0 Å². The Kier molecular flexibility index (Phi) is 19.2. The molecular weight excluding hydrogens is 938 g/mol. The molecule has 21 heteroatoms. The van der Waals surface area contributed by atoms with Crippen LogP contribution >= 0.6 is 0 Å². The summed E-state index contributed by atoms with van der Waals surface area (Å²) in [4.78, 5) is 84.8. The number of aromatic nitrogens is 3. The maximum Gasteiger partial charge on any atom is 0.416 e. The summed E-state index contributed by atoms with van der Waals surface area (Å²) in [5.74, 6) is -1.17. The van der Waals surface area contributed by atoms with Crippen molar-refractivity contribution in [3.8, 4) is 0 Å². The number of ether oxygens (including phenoxy) is 3. The number of fused-ring (bicyclic) bond motifs is 1. The number of likely N-dealkylation sites (tertiary alicyclic amines) is 2. The molecule has 4 fully saturated rings. The lowest BCUT2D eigenvalue weighted by atomic mass is 9.82. The highest BCUT2D eigenvalue weighted by atomic mass is 19.4. The molecule has 394 valence electrons. The van der Waals surface area contributed by atoms with Crippen LogP contribution in [-0.2, 0) is 44.4 Å². The van der Waals surface area contributed by atoms with Gasteiger partial charge in [0, 0.05) is 74.3 Å². The Balaban J connectivity index is 0.773. The van der Waals surface area contributed by atoms with E-state index in [1.165, 1.54) is 12.4 Å². The molecule has 2 aliphatic carbocycles. The average molecular weight is 1010 g/mol. The zero-order valence-corrected chi connectivity index (χ0v) is 41.8. The van der Waals surface area contributed by atoms with Gasteiger partial charge in [-0.2, -0.15) is 13.2 Å². The molecule has 4 heterocycles. The topological polar surface area (TPSA) is 210 Å². The summed E-state index contributed by atoms with van der Waals surface area (Å²) in [5, 5.41) is 12.7. The number of rotatable bonds is 23. The van der Waals surface area contributed by atoms with Crippen LogP contribution in [0.1, 0.15) is 102 Å². The number of amides is 5. The number of pyridine rings is 1. The van der Waals surface area contributed by atoms with Crippen molar-refractivity contribution >= 4 is 46.3 Å². The van der Waals surface area contributed by atoms with Crippen LogP contribution < -0.4 is 21.3 Å². The number of benzene rings is 1. The minimum atomic E-state index is -4.55. The molecule has 4 N–H and O–H groups in total. The summed E-state index contributed by atoms with van der Waals surface area (Å²) in [6, 6.07) is 5.80. The Labute approximate surface area is 419 Å². The van der Waals surface area contributed by atoms with Crippen LogP contribution in [0.5, 0.6) is 0 Å². The number of nitrogens with zero attached hydrogens (tertiary/aromatic N) is 6. The highest BCUT2D eigenvalue weighted by Crippen LogP contribution is 2.38. The van der Waals surface area contributed by atoms with Crippen LogP contribution in [0, 0.1) is 11.8 Å². The van der Waals surface area contributed by atoms with Gasteiger partial charge in [0.1, 0.15) is 18.2 Å². The first kappa shape index (κ1) is 54.3. The van der Waals surface area contributed by atoms with Gasteiger partial charge >= 0.3 is 6.18 Å². The average Bonchev–Trinajstić information content (AvgIpc) is 3.91. The number of hydrogen-bond acceptors (Lipinski definition) is 13.